The number of carbonyl (C=O) groups excluding carboxylic acids is 1. The molecular weight excluding hydrogens is 365 g/mol. The van der Waals surface area contributed by atoms with E-state index in [4.69, 9.17) is 27.9 Å². The van der Waals surface area contributed by atoms with E-state index in [-0.39, 0.29) is 12.5 Å². The molecule has 0 aliphatic carbocycles. The van der Waals surface area contributed by atoms with Gasteiger partial charge in [0, 0.05) is 27.2 Å². The van der Waals surface area contributed by atoms with Crippen molar-refractivity contribution in [1.82, 2.24) is 5.32 Å². The molecule has 0 unspecified atom stereocenters. The van der Waals surface area contributed by atoms with Crippen LogP contribution in [0.2, 0.25) is 10.0 Å². The SMILES string of the molecule is Cc1cc(OCC(=O)NCCSc2ccc(Cl)cc2)cc(C)c1Cl. The summed E-state index contributed by atoms with van der Waals surface area (Å²) in [5, 5.41) is 4.29. The van der Waals surface area contributed by atoms with E-state index in [2.05, 4.69) is 5.32 Å². The second-order valence-electron chi connectivity index (χ2n) is 5.31. The summed E-state index contributed by atoms with van der Waals surface area (Å²) in [6.45, 7) is 4.40. The molecular formula is C18H19Cl2NO2S. The molecule has 0 spiro atoms. The number of hydrogen-bond donors (Lipinski definition) is 1. The zero-order valence-electron chi connectivity index (χ0n) is 13.6. The molecule has 3 nitrogen and oxygen atoms in total. The second kappa shape index (κ2) is 9.21. The molecule has 2 aromatic carbocycles. The van der Waals surface area contributed by atoms with Gasteiger partial charge in [0.05, 0.1) is 0 Å². The number of hydrogen-bond acceptors (Lipinski definition) is 3. The van der Waals surface area contributed by atoms with E-state index in [0.29, 0.717) is 12.3 Å². The van der Waals surface area contributed by atoms with Crippen molar-refractivity contribution in [2.24, 2.45) is 0 Å². The Labute approximate surface area is 156 Å². The molecule has 24 heavy (non-hydrogen) atoms. The fraction of sp³-hybridized carbons (Fsp3) is 0.278. The maximum Gasteiger partial charge on any atom is 0.257 e. The molecule has 0 bridgehead atoms. The number of aryl methyl sites for hydroxylation is 2. The Balaban J connectivity index is 1.69. The van der Waals surface area contributed by atoms with Gasteiger partial charge in [-0.15, -0.1) is 11.8 Å². The Morgan fingerprint density at radius 3 is 2.38 bits per heavy atom. The average Bonchev–Trinajstić information content (AvgIpc) is 2.56. The van der Waals surface area contributed by atoms with Crippen molar-refractivity contribution in [3.8, 4) is 5.75 Å². The van der Waals surface area contributed by atoms with Crippen LogP contribution >= 0.6 is 35.0 Å². The highest BCUT2D eigenvalue weighted by Crippen LogP contribution is 2.25. The van der Waals surface area contributed by atoms with E-state index in [1.54, 1.807) is 11.8 Å². The van der Waals surface area contributed by atoms with Gasteiger partial charge in [-0.1, -0.05) is 23.2 Å². The largest absolute Gasteiger partial charge is 0.484 e. The Hall–Kier alpha value is -1.36. The predicted octanol–water partition coefficient (Wildman–Crippen LogP) is 4.90. The van der Waals surface area contributed by atoms with Crippen LogP contribution < -0.4 is 10.1 Å². The fourth-order valence-electron chi connectivity index (χ4n) is 2.08. The third kappa shape index (κ3) is 5.93. The molecule has 0 radical (unpaired) electrons. The molecule has 128 valence electrons. The van der Waals surface area contributed by atoms with E-state index in [0.717, 1.165) is 31.8 Å². The highest BCUT2D eigenvalue weighted by molar-refractivity contribution is 7.99. The normalized spacial score (nSPS) is 10.5. The van der Waals surface area contributed by atoms with Gasteiger partial charge in [-0.2, -0.15) is 0 Å². The second-order valence-corrected chi connectivity index (χ2v) is 7.29. The minimum absolute atomic E-state index is 0.00781. The molecule has 0 aliphatic rings. The van der Waals surface area contributed by atoms with Gasteiger partial charge in [-0.05, 0) is 61.4 Å². The molecule has 0 saturated heterocycles. The first-order valence-electron chi connectivity index (χ1n) is 7.50. The Kier molecular flexibility index (Phi) is 7.28. The molecule has 1 amide bonds. The zero-order chi connectivity index (χ0) is 17.5. The van der Waals surface area contributed by atoms with E-state index >= 15 is 0 Å². The third-order valence-corrected chi connectivity index (χ3v) is 5.15. The highest BCUT2D eigenvalue weighted by atomic mass is 35.5. The first kappa shape index (κ1) is 19.0. The van der Waals surface area contributed by atoms with Gasteiger partial charge in [0.15, 0.2) is 6.61 Å². The van der Waals surface area contributed by atoms with Crippen LogP contribution in [0.5, 0.6) is 5.75 Å². The monoisotopic (exact) mass is 383 g/mol. The number of halogens is 2. The van der Waals surface area contributed by atoms with Crippen LogP contribution in [0, 0.1) is 13.8 Å². The van der Waals surface area contributed by atoms with E-state index in [9.17, 15) is 4.79 Å². The van der Waals surface area contributed by atoms with Crippen LogP contribution in [0.3, 0.4) is 0 Å². The molecule has 2 aromatic rings. The summed E-state index contributed by atoms with van der Waals surface area (Å²) >= 11 is 13.6. The van der Waals surface area contributed by atoms with Crippen molar-refractivity contribution >= 4 is 40.9 Å². The molecule has 0 atom stereocenters. The van der Waals surface area contributed by atoms with E-state index in [1.807, 2.05) is 50.2 Å². The van der Waals surface area contributed by atoms with E-state index < -0.39 is 0 Å². The van der Waals surface area contributed by atoms with Crippen LogP contribution in [0.4, 0.5) is 0 Å². The maximum absolute atomic E-state index is 11.8. The Morgan fingerprint density at radius 2 is 1.75 bits per heavy atom. The number of rotatable bonds is 7. The van der Waals surface area contributed by atoms with Crippen molar-refractivity contribution in [1.29, 1.82) is 0 Å². The third-order valence-electron chi connectivity index (χ3n) is 3.29. The standard InChI is InChI=1S/C18H19Cl2NO2S/c1-12-9-15(10-13(2)18(12)20)23-11-17(22)21-7-8-24-16-5-3-14(19)4-6-16/h3-6,9-10H,7-8,11H2,1-2H3,(H,21,22). The van der Waals surface area contributed by atoms with Crippen LogP contribution in [0.1, 0.15) is 11.1 Å². The van der Waals surface area contributed by atoms with Crippen LogP contribution in [0.15, 0.2) is 41.3 Å². The van der Waals surface area contributed by atoms with Gasteiger partial charge in [0.25, 0.3) is 5.91 Å². The lowest BCUT2D eigenvalue weighted by Crippen LogP contribution is -2.30. The first-order chi connectivity index (χ1) is 11.5. The van der Waals surface area contributed by atoms with Gasteiger partial charge >= 0.3 is 0 Å². The summed E-state index contributed by atoms with van der Waals surface area (Å²) in [7, 11) is 0. The molecule has 1 N–H and O–H groups in total. The van der Waals surface area contributed by atoms with Gasteiger partial charge in [-0.25, -0.2) is 0 Å². The van der Waals surface area contributed by atoms with Crippen LogP contribution in [0.25, 0.3) is 0 Å². The van der Waals surface area contributed by atoms with E-state index in [1.165, 1.54) is 0 Å². The summed E-state index contributed by atoms with van der Waals surface area (Å²) in [5.74, 6) is 1.30. The van der Waals surface area contributed by atoms with Gasteiger partial charge in [0.1, 0.15) is 5.75 Å². The molecule has 0 heterocycles. The summed E-state index contributed by atoms with van der Waals surface area (Å²) in [5.41, 5.74) is 1.87. The smallest absolute Gasteiger partial charge is 0.257 e. The Morgan fingerprint density at radius 1 is 1.12 bits per heavy atom. The lowest BCUT2D eigenvalue weighted by Gasteiger charge is -2.10. The minimum Gasteiger partial charge on any atom is -0.484 e. The number of thioether (sulfide) groups is 1. The summed E-state index contributed by atoms with van der Waals surface area (Å²) in [4.78, 5) is 12.9. The van der Waals surface area contributed by atoms with Crippen LogP contribution in [-0.4, -0.2) is 24.8 Å². The van der Waals surface area contributed by atoms with Crippen molar-refractivity contribution in [2.45, 2.75) is 18.7 Å². The molecule has 2 rings (SSSR count). The van der Waals surface area contributed by atoms with Crippen LogP contribution in [-0.2, 0) is 4.79 Å². The van der Waals surface area contributed by atoms with Gasteiger partial charge < -0.3 is 10.1 Å². The summed E-state index contributed by atoms with van der Waals surface area (Å²) < 4.78 is 5.52. The van der Waals surface area contributed by atoms with Crippen molar-refractivity contribution in [3.05, 3.63) is 57.6 Å². The fourth-order valence-corrected chi connectivity index (χ4v) is 3.08. The number of benzene rings is 2. The number of amides is 1. The molecule has 0 saturated carbocycles. The molecule has 0 fully saturated rings. The predicted molar refractivity (Wildman–Crippen MR) is 102 cm³/mol. The average molecular weight is 384 g/mol. The number of carbonyl (C=O) groups is 1. The minimum atomic E-state index is -0.142. The summed E-state index contributed by atoms with van der Waals surface area (Å²) in [6.07, 6.45) is 0. The first-order valence-corrected chi connectivity index (χ1v) is 9.24. The van der Waals surface area contributed by atoms with Crippen molar-refractivity contribution < 1.29 is 9.53 Å². The molecule has 6 heteroatoms. The lowest BCUT2D eigenvalue weighted by molar-refractivity contribution is -0.122. The number of nitrogens with one attached hydrogen (secondary N) is 1. The van der Waals surface area contributed by atoms with Crippen molar-refractivity contribution in [3.63, 3.8) is 0 Å². The maximum atomic E-state index is 11.8. The number of ether oxygens (including phenoxy) is 1. The quantitative estimate of drug-likeness (QED) is 0.545. The van der Waals surface area contributed by atoms with Gasteiger partial charge in [0.2, 0.25) is 0 Å². The molecule has 0 aliphatic heterocycles. The molecule has 0 aromatic heterocycles. The zero-order valence-corrected chi connectivity index (χ0v) is 15.9. The highest BCUT2D eigenvalue weighted by Gasteiger charge is 2.06. The van der Waals surface area contributed by atoms with Gasteiger partial charge in [-0.3, -0.25) is 4.79 Å². The lowest BCUT2D eigenvalue weighted by atomic mass is 10.1. The summed E-state index contributed by atoms with van der Waals surface area (Å²) in [6, 6.07) is 11.3. The topological polar surface area (TPSA) is 38.3 Å². The Bertz CT molecular complexity index is 682. The van der Waals surface area contributed by atoms with Crippen molar-refractivity contribution in [2.75, 3.05) is 18.9 Å².